The highest BCUT2D eigenvalue weighted by Crippen LogP contribution is 2.13. The van der Waals surface area contributed by atoms with E-state index in [4.69, 9.17) is 5.11 Å². The standard InChI is InChI=1S/C14H22N2O3/c1-3-12(15-14(17)18)13(4-2)16(19)10-11-8-6-5-7-9-11/h5-9,12-13,15,19H,3-4,10H2,1-2H3,(H,17,18)/t12-,13+/m0/s1. The van der Waals surface area contributed by atoms with Crippen molar-refractivity contribution in [2.75, 3.05) is 0 Å². The van der Waals surface area contributed by atoms with E-state index in [0.717, 1.165) is 5.56 Å². The number of hydrogen-bond acceptors (Lipinski definition) is 3. The van der Waals surface area contributed by atoms with Crippen molar-refractivity contribution in [3.05, 3.63) is 35.9 Å². The Morgan fingerprint density at radius 3 is 2.37 bits per heavy atom. The van der Waals surface area contributed by atoms with Crippen LogP contribution in [0.1, 0.15) is 32.3 Å². The van der Waals surface area contributed by atoms with E-state index >= 15 is 0 Å². The highest BCUT2D eigenvalue weighted by molar-refractivity contribution is 5.64. The van der Waals surface area contributed by atoms with Crippen LogP contribution in [0.25, 0.3) is 0 Å². The minimum atomic E-state index is -1.06. The van der Waals surface area contributed by atoms with Crippen LogP contribution >= 0.6 is 0 Å². The highest BCUT2D eigenvalue weighted by Gasteiger charge is 2.25. The third-order valence-corrected chi connectivity index (χ3v) is 3.20. The van der Waals surface area contributed by atoms with Crippen molar-refractivity contribution < 1.29 is 15.1 Å². The zero-order valence-corrected chi connectivity index (χ0v) is 11.4. The molecule has 19 heavy (non-hydrogen) atoms. The molecule has 1 amide bonds. The minimum absolute atomic E-state index is 0.235. The number of hydroxylamine groups is 2. The molecule has 0 heterocycles. The predicted molar refractivity (Wildman–Crippen MR) is 73.1 cm³/mol. The maximum Gasteiger partial charge on any atom is 0.404 e. The Morgan fingerprint density at radius 1 is 1.26 bits per heavy atom. The van der Waals surface area contributed by atoms with Gasteiger partial charge in [0.15, 0.2) is 0 Å². The van der Waals surface area contributed by atoms with E-state index in [2.05, 4.69) is 5.32 Å². The monoisotopic (exact) mass is 266 g/mol. The van der Waals surface area contributed by atoms with Crippen LogP contribution < -0.4 is 5.32 Å². The molecule has 0 bridgehead atoms. The quantitative estimate of drug-likeness (QED) is 0.663. The van der Waals surface area contributed by atoms with Gasteiger partial charge in [-0.2, -0.15) is 5.06 Å². The van der Waals surface area contributed by atoms with Crippen LogP contribution in [-0.2, 0) is 6.54 Å². The third-order valence-electron chi connectivity index (χ3n) is 3.20. The van der Waals surface area contributed by atoms with E-state index in [1.165, 1.54) is 5.06 Å². The van der Waals surface area contributed by atoms with Crippen molar-refractivity contribution in [1.82, 2.24) is 10.4 Å². The number of carboxylic acid groups (broad SMARTS) is 1. The van der Waals surface area contributed by atoms with Gasteiger partial charge in [0.05, 0.1) is 6.04 Å². The van der Waals surface area contributed by atoms with Gasteiger partial charge in [0, 0.05) is 12.6 Å². The van der Waals surface area contributed by atoms with Crippen LogP contribution in [0.2, 0.25) is 0 Å². The Hall–Kier alpha value is -1.59. The molecule has 0 aliphatic rings. The average Bonchev–Trinajstić information content (AvgIpc) is 2.39. The Morgan fingerprint density at radius 2 is 1.89 bits per heavy atom. The minimum Gasteiger partial charge on any atom is -0.465 e. The lowest BCUT2D eigenvalue weighted by Crippen LogP contribution is -2.49. The molecule has 3 N–H and O–H groups in total. The summed E-state index contributed by atoms with van der Waals surface area (Å²) in [7, 11) is 0. The Balaban J connectivity index is 2.69. The zero-order valence-electron chi connectivity index (χ0n) is 11.4. The Labute approximate surface area is 113 Å². The van der Waals surface area contributed by atoms with E-state index in [-0.39, 0.29) is 12.1 Å². The van der Waals surface area contributed by atoms with E-state index in [1.807, 2.05) is 44.2 Å². The first kappa shape index (κ1) is 15.5. The van der Waals surface area contributed by atoms with Gasteiger partial charge in [-0.3, -0.25) is 0 Å². The second-order valence-electron chi connectivity index (χ2n) is 4.52. The second-order valence-corrected chi connectivity index (χ2v) is 4.52. The van der Waals surface area contributed by atoms with Crippen molar-refractivity contribution in [3.8, 4) is 0 Å². The van der Waals surface area contributed by atoms with Crippen molar-refractivity contribution in [2.45, 2.75) is 45.3 Å². The molecule has 1 rings (SSSR count). The van der Waals surface area contributed by atoms with E-state index in [0.29, 0.717) is 19.4 Å². The Bertz CT molecular complexity index is 384. The predicted octanol–water partition coefficient (Wildman–Crippen LogP) is 2.70. The summed E-state index contributed by atoms with van der Waals surface area (Å²) in [6.07, 6.45) is 0.247. The number of carbonyl (C=O) groups is 1. The molecule has 0 saturated heterocycles. The smallest absolute Gasteiger partial charge is 0.404 e. The maximum atomic E-state index is 10.8. The molecule has 0 unspecified atom stereocenters. The number of hydrogen-bond donors (Lipinski definition) is 3. The molecule has 0 fully saturated rings. The molecule has 5 heteroatoms. The van der Waals surface area contributed by atoms with Crippen LogP contribution in [0.4, 0.5) is 4.79 Å². The fraction of sp³-hybridized carbons (Fsp3) is 0.500. The summed E-state index contributed by atoms with van der Waals surface area (Å²) in [5.74, 6) is 0. The molecule has 0 spiro atoms. The number of nitrogens with one attached hydrogen (secondary N) is 1. The van der Waals surface area contributed by atoms with Crippen LogP contribution in [0.15, 0.2) is 30.3 Å². The fourth-order valence-electron chi connectivity index (χ4n) is 2.22. The highest BCUT2D eigenvalue weighted by atomic mass is 16.5. The summed E-state index contributed by atoms with van der Waals surface area (Å²) >= 11 is 0. The van der Waals surface area contributed by atoms with Crippen molar-refractivity contribution >= 4 is 6.09 Å². The molecule has 0 aliphatic carbocycles. The number of amides is 1. The molecule has 0 aliphatic heterocycles. The zero-order chi connectivity index (χ0) is 14.3. The molecular weight excluding hydrogens is 244 g/mol. The van der Waals surface area contributed by atoms with Gasteiger partial charge in [0.25, 0.3) is 0 Å². The summed E-state index contributed by atoms with van der Waals surface area (Å²) < 4.78 is 0. The summed E-state index contributed by atoms with van der Waals surface area (Å²) in [5, 5.41) is 22.7. The van der Waals surface area contributed by atoms with E-state index in [9.17, 15) is 10.0 Å². The summed E-state index contributed by atoms with van der Waals surface area (Å²) in [4.78, 5) is 10.8. The third kappa shape index (κ3) is 4.89. The van der Waals surface area contributed by atoms with Crippen molar-refractivity contribution in [3.63, 3.8) is 0 Å². The molecule has 5 nitrogen and oxygen atoms in total. The topological polar surface area (TPSA) is 72.8 Å². The fourth-order valence-corrected chi connectivity index (χ4v) is 2.22. The molecule has 1 aromatic rings. The van der Waals surface area contributed by atoms with Gasteiger partial charge in [-0.1, -0.05) is 44.2 Å². The number of nitrogens with zero attached hydrogens (tertiary/aromatic N) is 1. The molecule has 106 valence electrons. The lowest BCUT2D eigenvalue weighted by Gasteiger charge is -2.31. The van der Waals surface area contributed by atoms with Gasteiger partial charge in [-0.15, -0.1) is 0 Å². The molecule has 0 aromatic heterocycles. The largest absolute Gasteiger partial charge is 0.465 e. The number of rotatable bonds is 7. The Kier molecular flexibility index (Phi) is 6.32. The molecule has 2 atom stereocenters. The maximum absolute atomic E-state index is 10.8. The number of benzene rings is 1. The van der Waals surface area contributed by atoms with Gasteiger partial charge in [-0.25, -0.2) is 4.79 Å². The first-order valence-electron chi connectivity index (χ1n) is 6.57. The van der Waals surface area contributed by atoms with Gasteiger partial charge >= 0.3 is 6.09 Å². The van der Waals surface area contributed by atoms with E-state index in [1.54, 1.807) is 0 Å². The lowest BCUT2D eigenvalue weighted by atomic mass is 10.0. The van der Waals surface area contributed by atoms with Crippen LogP contribution in [0.5, 0.6) is 0 Å². The first-order chi connectivity index (χ1) is 9.08. The molecule has 0 radical (unpaired) electrons. The summed E-state index contributed by atoms with van der Waals surface area (Å²) in [6, 6.07) is 9.10. The average molecular weight is 266 g/mol. The first-order valence-corrected chi connectivity index (χ1v) is 6.57. The molecule has 1 aromatic carbocycles. The summed E-state index contributed by atoms with van der Waals surface area (Å²) in [5.41, 5.74) is 0.994. The van der Waals surface area contributed by atoms with Gasteiger partial charge in [-0.05, 0) is 18.4 Å². The van der Waals surface area contributed by atoms with Gasteiger partial charge < -0.3 is 15.6 Å². The SMILES string of the molecule is CC[C@H](NC(=O)O)[C@@H](CC)N(O)Cc1ccccc1. The van der Waals surface area contributed by atoms with Crippen molar-refractivity contribution in [2.24, 2.45) is 0 Å². The molecule has 0 saturated carbocycles. The normalized spacial score (nSPS) is 14.1. The molecular formula is C14H22N2O3. The second kappa shape index (κ2) is 7.76. The van der Waals surface area contributed by atoms with Gasteiger partial charge in [0.1, 0.15) is 0 Å². The lowest BCUT2D eigenvalue weighted by molar-refractivity contribution is -0.144. The summed E-state index contributed by atoms with van der Waals surface area (Å²) in [6.45, 7) is 4.22. The van der Waals surface area contributed by atoms with Crippen LogP contribution in [0.3, 0.4) is 0 Å². The van der Waals surface area contributed by atoms with Crippen molar-refractivity contribution in [1.29, 1.82) is 0 Å². The van der Waals surface area contributed by atoms with E-state index < -0.39 is 6.09 Å². The van der Waals surface area contributed by atoms with Gasteiger partial charge in [0.2, 0.25) is 0 Å². The van der Waals surface area contributed by atoms with Crippen LogP contribution in [0, 0.1) is 0 Å². The van der Waals surface area contributed by atoms with Crippen LogP contribution in [-0.4, -0.2) is 33.6 Å².